The van der Waals surface area contributed by atoms with E-state index in [1.165, 1.54) is 98.0 Å². The van der Waals surface area contributed by atoms with Gasteiger partial charge in [-0.1, -0.05) is 170 Å². The molecule has 0 fully saturated rings. The first-order valence-corrected chi connectivity index (χ1v) is 16.7. The molecule has 0 aliphatic carbocycles. The highest BCUT2D eigenvalue weighted by Gasteiger charge is 2.19. The van der Waals surface area contributed by atoms with Crippen LogP contribution in [0.5, 0.6) is 0 Å². The molecule has 222 valence electrons. The van der Waals surface area contributed by atoms with Gasteiger partial charge in [0.05, 0.1) is 0 Å². The Kier molecular flexibility index (Phi) is 5.98. The van der Waals surface area contributed by atoms with Crippen LogP contribution in [-0.4, -0.2) is 0 Å². The lowest BCUT2D eigenvalue weighted by molar-refractivity contribution is 1.66. The fourth-order valence-electron chi connectivity index (χ4n) is 8.02. The fraction of sp³-hybridized carbons (Fsp3) is 0. The van der Waals surface area contributed by atoms with E-state index >= 15 is 0 Å². The van der Waals surface area contributed by atoms with Crippen molar-refractivity contribution in [1.82, 2.24) is 0 Å². The van der Waals surface area contributed by atoms with E-state index in [-0.39, 0.29) is 0 Å². The van der Waals surface area contributed by atoms with Gasteiger partial charge in [-0.2, -0.15) is 0 Å². The van der Waals surface area contributed by atoms with Crippen LogP contribution >= 0.6 is 0 Å². The number of fused-ring (bicyclic) bond motifs is 9. The molecule has 48 heavy (non-hydrogen) atoms. The number of benzene rings is 10. The molecule has 0 aliphatic heterocycles. The van der Waals surface area contributed by atoms with Gasteiger partial charge in [0.1, 0.15) is 0 Å². The van der Waals surface area contributed by atoms with Crippen molar-refractivity contribution in [2.45, 2.75) is 0 Å². The maximum atomic E-state index is 2.36. The lowest BCUT2D eigenvalue weighted by atomic mass is 9.83. The van der Waals surface area contributed by atoms with Gasteiger partial charge in [-0.3, -0.25) is 0 Å². The first kappa shape index (κ1) is 26.9. The van der Waals surface area contributed by atoms with Gasteiger partial charge in [0.2, 0.25) is 0 Å². The normalized spacial score (nSPS) is 11.8. The predicted octanol–water partition coefficient (Wildman–Crippen LogP) is 13.6. The lowest BCUT2D eigenvalue weighted by Crippen LogP contribution is -1.92. The minimum Gasteiger partial charge on any atom is -0.0622 e. The molecule has 0 nitrogen and oxygen atoms in total. The molecule has 0 N–H and O–H groups in total. The molecule has 0 aromatic heterocycles. The molecule has 0 atom stereocenters. The smallest absolute Gasteiger partial charge is 0.00139 e. The molecular formula is C48H30. The quantitative estimate of drug-likeness (QED) is 0.139. The Morgan fingerprint density at radius 1 is 0.208 bits per heavy atom. The van der Waals surface area contributed by atoms with Gasteiger partial charge in [0.15, 0.2) is 0 Å². The van der Waals surface area contributed by atoms with Crippen LogP contribution in [0.25, 0.3) is 98.0 Å². The summed E-state index contributed by atoms with van der Waals surface area (Å²) in [6.45, 7) is 0. The van der Waals surface area contributed by atoms with Crippen LogP contribution in [0.4, 0.5) is 0 Å². The van der Waals surface area contributed by atoms with Crippen molar-refractivity contribution in [2.24, 2.45) is 0 Å². The van der Waals surface area contributed by atoms with Gasteiger partial charge in [0.25, 0.3) is 0 Å². The molecule has 10 aromatic carbocycles. The van der Waals surface area contributed by atoms with Crippen LogP contribution in [-0.2, 0) is 0 Å². The highest BCUT2D eigenvalue weighted by Crippen LogP contribution is 2.47. The molecule has 0 unspecified atom stereocenters. The summed E-state index contributed by atoms with van der Waals surface area (Å²) in [4.78, 5) is 0. The third-order valence-corrected chi connectivity index (χ3v) is 10.2. The number of hydrogen-bond donors (Lipinski definition) is 0. The van der Waals surface area contributed by atoms with Gasteiger partial charge >= 0.3 is 0 Å². The van der Waals surface area contributed by atoms with Crippen molar-refractivity contribution in [2.75, 3.05) is 0 Å². The Labute approximate surface area is 279 Å². The van der Waals surface area contributed by atoms with E-state index in [1.807, 2.05) is 0 Å². The standard InChI is InChI=1S/C48H30/c1-3-12-32(13-4-1)46-42-17-9-10-18-43(42)47(33-14-5-2-6-15-33)48-44-26-23-37-30-35(22-25-40(37)41(44)27-28-45(46)48)34-21-24-39-36(29-34)20-19-31-11-7-8-16-38(31)39/h1-30H. The molecule has 0 saturated carbocycles. The minimum atomic E-state index is 1.24. The molecule has 0 amide bonds. The fourth-order valence-corrected chi connectivity index (χ4v) is 8.02. The van der Waals surface area contributed by atoms with E-state index in [2.05, 4.69) is 182 Å². The summed E-state index contributed by atoms with van der Waals surface area (Å²) in [5.74, 6) is 0. The van der Waals surface area contributed by atoms with Crippen molar-refractivity contribution < 1.29 is 0 Å². The average molecular weight is 607 g/mol. The summed E-state index contributed by atoms with van der Waals surface area (Å²) in [5, 5.41) is 15.4. The van der Waals surface area contributed by atoms with Gasteiger partial charge in [-0.25, -0.2) is 0 Å². The zero-order valence-electron chi connectivity index (χ0n) is 26.3. The maximum Gasteiger partial charge on any atom is -0.00139 e. The molecule has 10 rings (SSSR count). The lowest BCUT2D eigenvalue weighted by Gasteiger charge is -2.20. The SMILES string of the molecule is c1ccc(-c2c3ccccc3c(-c3ccccc3)c3c2ccc2c4ccc(-c5ccc6c(ccc7ccccc76)c5)cc4ccc23)cc1. The van der Waals surface area contributed by atoms with Crippen molar-refractivity contribution in [3.8, 4) is 33.4 Å². The highest BCUT2D eigenvalue weighted by molar-refractivity contribution is 6.30. The van der Waals surface area contributed by atoms with E-state index < -0.39 is 0 Å². The van der Waals surface area contributed by atoms with Crippen molar-refractivity contribution in [3.05, 3.63) is 182 Å². The largest absolute Gasteiger partial charge is 0.0622 e. The summed E-state index contributed by atoms with van der Waals surface area (Å²) in [7, 11) is 0. The molecule has 0 heterocycles. The summed E-state index contributed by atoms with van der Waals surface area (Å²) in [6.07, 6.45) is 0. The monoisotopic (exact) mass is 606 g/mol. The summed E-state index contributed by atoms with van der Waals surface area (Å²) >= 11 is 0. The summed E-state index contributed by atoms with van der Waals surface area (Å²) in [6, 6.07) is 67.1. The predicted molar refractivity (Wildman–Crippen MR) is 208 cm³/mol. The van der Waals surface area contributed by atoms with Gasteiger partial charge in [0, 0.05) is 0 Å². The molecule has 10 aromatic rings. The average Bonchev–Trinajstić information content (AvgIpc) is 3.16. The van der Waals surface area contributed by atoms with Crippen LogP contribution in [0.15, 0.2) is 182 Å². The number of hydrogen-bond acceptors (Lipinski definition) is 0. The topological polar surface area (TPSA) is 0 Å². The first-order valence-electron chi connectivity index (χ1n) is 16.7. The van der Waals surface area contributed by atoms with Gasteiger partial charge in [-0.05, 0) is 110 Å². The third-order valence-electron chi connectivity index (χ3n) is 10.2. The minimum absolute atomic E-state index is 1.24. The molecule has 0 aliphatic rings. The second kappa shape index (κ2) is 10.7. The summed E-state index contributed by atoms with van der Waals surface area (Å²) < 4.78 is 0. The first-order chi connectivity index (χ1) is 23.8. The van der Waals surface area contributed by atoms with Crippen LogP contribution in [0.1, 0.15) is 0 Å². The second-order valence-electron chi connectivity index (χ2n) is 12.8. The van der Waals surface area contributed by atoms with E-state index in [9.17, 15) is 0 Å². The van der Waals surface area contributed by atoms with Crippen LogP contribution in [0.2, 0.25) is 0 Å². The molecule has 0 bridgehead atoms. The van der Waals surface area contributed by atoms with Crippen molar-refractivity contribution in [1.29, 1.82) is 0 Å². The molecule has 0 saturated heterocycles. The van der Waals surface area contributed by atoms with E-state index in [0.29, 0.717) is 0 Å². The molecule has 0 heteroatoms. The van der Waals surface area contributed by atoms with Crippen molar-refractivity contribution in [3.63, 3.8) is 0 Å². The van der Waals surface area contributed by atoms with Crippen molar-refractivity contribution >= 4 is 64.6 Å². The Hall–Kier alpha value is -6.24. The van der Waals surface area contributed by atoms with E-state index in [0.717, 1.165) is 0 Å². The Bertz CT molecular complexity index is 2860. The Balaban J connectivity index is 1.23. The second-order valence-corrected chi connectivity index (χ2v) is 12.8. The van der Waals surface area contributed by atoms with E-state index in [4.69, 9.17) is 0 Å². The molecular weight excluding hydrogens is 577 g/mol. The highest BCUT2D eigenvalue weighted by atomic mass is 14.2. The van der Waals surface area contributed by atoms with Crippen LogP contribution < -0.4 is 0 Å². The Morgan fingerprint density at radius 3 is 1.33 bits per heavy atom. The number of rotatable bonds is 3. The van der Waals surface area contributed by atoms with Gasteiger partial charge < -0.3 is 0 Å². The van der Waals surface area contributed by atoms with Crippen LogP contribution in [0.3, 0.4) is 0 Å². The zero-order chi connectivity index (χ0) is 31.6. The maximum absolute atomic E-state index is 2.36. The molecule has 0 spiro atoms. The van der Waals surface area contributed by atoms with Crippen LogP contribution in [0, 0.1) is 0 Å². The van der Waals surface area contributed by atoms with Gasteiger partial charge in [-0.15, -0.1) is 0 Å². The Morgan fingerprint density at radius 2 is 0.646 bits per heavy atom. The zero-order valence-corrected chi connectivity index (χ0v) is 26.3. The van der Waals surface area contributed by atoms with E-state index in [1.54, 1.807) is 0 Å². The summed E-state index contributed by atoms with van der Waals surface area (Å²) in [5.41, 5.74) is 7.55. The third kappa shape index (κ3) is 4.10. The molecule has 0 radical (unpaired) electrons.